The first kappa shape index (κ1) is 24.2. The number of nitriles is 1. The zero-order chi connectivity index (χ0) is 21.8. The Morgan fingerprint density at radius 3 is 2.69 bits per heavy atom. The van der Waals surface area contributed by atoms with Gasteiger partial charge in [0.2, 0.25) is 0 Å². The van der Waals surface area contributed by atoms with E-state index >= 15 is 0 Å². The molecule has 1 spiro atoms. The van der Waals surface area contributed by atoms with Gasteiger partial charge >= 0.3 is 0 Å². The molecule has 1 heterocycles. The van der Waals surface area contributed by atoms with Crippen LogP contribution in [0.4, 0.5) is 4.39 Å². The molecular weight excluding hydrogens is 427 g/mol. The number of carbonyl (C=O) groups excluding carboxylic acids is 1. The van der Waals surface area contributed by atoms with Crippen LogP contribution >= 0.6 is 12.4 Å². The van der Waals surface area contributed by atoms with E-state index in [2.05, 4.69) is 23.1 Å². The number of nitrogens with zero attached hydrogens (tertiary/aromatic N) is 2. The van der Waals surface area contributed by atoms with Crippen LogP contribution in [-0.2, 0) is 24.2 Å². The van der Waals surface area contributed by atoms with Crippen LogP contribution in [0.3, 0.4) is 0 Å². The number of fused-ring (bicyclic) bond motifs is 1. The smallest absolute Gasteiger partial charge is 0.164 e. The zero-order valence-corrected chi connectivity index (χ0v) is 19.3. The lowest BCUT2D eigenvalue weighted by Gasteiger charge is -2.51. The molecule has 0 radical (unpaired) electrons. The Kier molecular flexibility index (Phi) is 7.92. The Balaban J connectivity index is 0.00000289. The third-order valence-electron chi connectivity index (χ3n) is 6.86. The van der Waals surface area contributed by atoms with Gasteiger partial charge in [-0.25, -0.2) is 4.39 Å². The predicted octanol–water partition coefficient (Wildman–Crippen LogP) is 5.41. The highest BCUT2D eigenvalue weighted by Gasteiger charge is 2.45. The molecule has 0 amide bonds. The first-order chi connectivity index (χ1) is 15.0. The number of likely N-dealkylation sites (tertiary alicyclic amines) is 1. The van der Waals surface area contributed by atoms with Crippen molar-refractivity contribution >= 4 is 18.2 Å². The molecule has 1 aliphatic heterocycles. The third kappa shape index (κ3) is 4.98. The largest absolute Gasteiger partial charge is 0.489 e. The van der Waals surface area contributed by atoms with Gasteiger partial charge in [0, 0.05) is 18.5 Å². The molecule has 4 rings (SSSR count). The Morgan fingerprint density at radius 1 is 1.19 bits per heavy atom. The molecule has 1 fully saturated rings. The van der Waals surface area contributed by atoms with E-state index in [1.165, 1.54) is 23.3 Å². The lowest BCUT2D eigenvalue weighted by atomic mass is 9.71. The van der Waals surface area contributed by atoms with Gasteiger partial charge in [-0.3, -0.25) is 9.69 Å². The number of hydrogen-bond acceptors (Lipinski definition) is 4. The van der Waals surface area contributed by atoms with Gasteiger partial charge in [0.1, 0.15) is 18.2 Å². The number of ketones is 1. The van der Waals surface area contributed by atoms with Gasteiger partial charge in [0.15, 0.2) is 11.8 Å². The average molecular weight is 457 g/mol. The maximum atomic E-state index is 13.1. The molecule has 0 aromatic heterocycles. The SMILES string of the molecule is CCC(=O)C(C#N)N1CCCCC12CCc1cc(OCc3ccc(F)cc3)ccc1C2.Cl. The van der Waals surface area contributed by atoms with Crippen LogP contribution in [0.2, 0.25) is 0 Å². The molecule has 0 N–H and O–H groups in total. The van der Waals surface area contributed by atoms with Crippen LogP contribution < -0.4 is 4.74 Å². The molecule has 1 saturated heterocycles. The molecule has 2 unspecified atom stereocenters. The van der Waals surface area contributed by atoms with E-state index in [9.17, 15) is 14.4 Å². The molecule has 2 aromatic rings. The van der Waals surface area contributed by atoms with E-state index in [0.717, 1.165) is 56.4 Å². The van der Waals surface area contributed by atoms with Gasteiger partial charge in [-0.2, -0.15) is 5.26 Å². The Hall–Kier alpha value is -2.42. The van der Waals surface area contributed by atoms with Crippen LogP contribution in [-0.4, -0.2) is 28.8 Å². The molecule has 0 saturated carbocycles. The van der Waals surface area contributed by atoms with E-state index in [-0.39, 0.29) is 29.5 Å². The van der Waals surface area contributed by atoms with Crippen LogP contribution in [0.25, 0.3) is 0 Å². The maximum absolute atomic E-state index is 13.1. The second kappa shape index (κ2) is 10.5. The highest BCUT2D eigenvalue weighted by atomic mass is 35.5. The number of carbonyl (C=O) groups is 1. The number of aryl methyl sites for hydroxylation is 1. The summed E-state index contributed by atoms with van der Waals surface area (Å²) >= 11 is 0. The summed E-state index contributed by atoms with van der Waals surface area (Å²) in [7, 11) is 0. The molecule has 2 aliphatic rings. The zero-order valence-electron chi connectivity index (χ0n) is 18.5. The Labute approximate surface area is 195 Å². The minimum Gasteiger partial charge on any atom is -0.489 e. The summed E-state index contributed by atoms with van der Waals surface area (Å²) in [6.07, 6.45) is 6.36. The van der Waals surface area contributed by atoms with Crippen LogP contribution in [0.15, 0.2) is 42.5 Å². The Bertz CT molecular complexity index is 988. The van der Waals surface area contributed by atoms with Gasteiger partial charge in [-0.1, -0.05) is 31.5 Å². The number of benzene rings is 2. The first-order valence-corrected chi connectivity index (χ1v) is 11.2. The summed E-state index contributed by atoms with van der Waals surface area (Å²) < 4.78 is 19.0. The summed E-state index contributed by atoms with van der Waals surface area (Å²) in [5.74, 6) is 0.595. The molecular formula is C26H30ClFN2O2. The lowest BCUT2D eigenvalue weighted by molar-refractivity contribution is -0.126. The minimum atomic E-state index is -0.634. The topological polar surface area (TPSA) is 53.3 Å². The average Bonchev–Trinajstić information content (AvgIpc) is 2.80. The van der Waals surface area contributed by atoms with Crippen molar-refractivity contribution < 1.29 is 13.9 Å². The molecule has 170 valence electrons. The molecule has 2 atom stereocenters. The summed E-state index contributed by atoms with van der Waals surface area (Å²) in [6.45, 7) is 3.06. The number of Topliss-reactive ketones (excluding diaryl/α,β-unsaturated/α-hetero) is 1. The fourth-order valence-corrected chi connectivity index (χ4v) is 5.14. The van der Waals surface area contributed by atoms with Gasteiger partial charge < -0.3 is 4.74 Å². The van der Waals surface area contributed by atoms with Crippen molar-refractivity contribution in [2.24, 2.45) is 0 Å². The van der Waals surface area contributed by atoms with Crippen LogP contribution in [0.5, 0.6) is 5.75 Å². The van der Waals surface area contributed by atoms with Gasteiger partial charge in [-0.05, 0) is 73.1 Å². The highest BCUT2D eigenvalue weighted by molar-refractivity contribution is 5.86. The fourth-order valence-electron chi connectivity index (χ4n) is 5.14. The van der Waals surface area contributed by atoms with Gasteiger partial charge in [0.05, 0.1) is 6.07 Å². The molecule has 0 bridgehead atoms. The highest BCUT2D eigenvalue weighted by Crippen LogP contribution is 2.42. The summed E-state index contributed by atoms with van der Waals surface area (Å²) in [6, 6.07) is 14.3. The monoisotopic (exact) mass is 456 g/mol. The molecule has 6 heteroatoms. The van der Waals surface area contributed by atoms with Crippen molar-refractivity contribution in [3.63, 3.8) is 0 Å². The van der Waals surface area contributed by atoms with Crippen molar-refractivity contribution in [1.82, 2.24) is 4.90 Å². The number of ether oxygens (including phenoxy) is 1. The summed E-state index contributed by atoms with van der Waals surface area (Å²) in [5.41, 5.74) is 3.39. The number of piperidine rings is 1. The third-order valence-corrected chi connectivity index (χ3v) is 6.86. The predicted molar refractivity (Wildman–Crippen MR) is 124 cm³/mol. The number of rotatable bonds is 6. The van der Waals surface area contributed by atoms with Gasteiger partial charge in [0.25, 0.3) is 0 Å². The van der Waals surface area contributed by atoms with Crippen LogP contribution in [0.1, 0.15) is 55.7 Å². The minimum absolute atomic E-state index is 0. The fraction of sp³-hybridized carbons (Fsp3) is 0.462. The lowest BCUT2D eigenvalue weighted by Crippen LogP contribution is -2.60. The quantitative estimate of drug-likeness (QED) is 0.583. The van der Waals surface area contributed by atoms with E-state index < -0.39 is 6.04 Å². The summed E-state index contributed by atoms with van der Waals surface area (Å²) in [4.78, 5) is 14.7. The molecule has 4 nitrogen and oxygen atoms in total. The van der Waals surface area contributed by atoms with Crippen LogP contribution in [0, 0.1) is 17.1 Å². The molecule has 2 aromatic carbocycles. The Morgan fingerprint density at radius 2 is 1.97 bits per heavy atom. The molecule has 32 heavy (non-hydrogen) atoms. The number of hydrogen-bond donors (Lipinski definition) is 0. The van der Waals surface area contributed by atoms with Crippen molar-refractivity contribution in [3.8, 4) is 11.8 Å². The van der Waals surface area contributed by atoms with Crippen molar-refractivity contribution in [1.29, 1.82) is 5.26 Å². The van der Waals surface area contributed by atoms with Crippen molar-refractivity contribution in [3.05, 3.63) is 65.0 Å². The van der Waals surface area contributed by atoms with E-state index in [0.29, 0.717) is 13.0 Å². The van der Waals surface area contributed by atoms with Gasteiger partial charge in [-0.15, -0.1) is 12.4 Å². The van der Waals surface area contributed by atoms with Crippen molar-refractivity contribution in [2.45, 2.75) is 70.1 Å². The first-order valence-electron chi connectivity index (χ1n) is 11.2. The maximum Gasteiger partial charge on any atom is 0.164 e. The van der Waals surface area contributed by atoms with Crippen molar-refractivity contribution in [2.75, 3.05) is 6.54 Å². The second-order valence-corrected chi connectivity index (χ2v) is 8.75. The van der Waals surface area contributed by atoms with E-state index in [4.69, 9.17) is 4.74 Å². The summed E-state index contributed by atoms with van der Waals surface area (Å²) in [5, 5.41) is 9.74. The van der Waals surface area contributed by atoms with E-state index in [1.54, 1.807) is 12.1 Å². The van der Waals surface area contributed by atoms with E-state index in [1.807, 2.05) is 13.0 Å². The number of halogens is 2. The normalized spacial score (nSPS) is 21.2. The second-order valence-electron chi connectivity index (χ2n) is 8.75. The standard InChI is InChI=1S/C26H29FN2O2.ClH/c1-2-25(30)24(17-28)29-14-4-3-12-26(29)13-11-20-15-23(10-7-21(20)16-26)31-18-19-5-8-22(27)9-6-19;/h5-10,15,24H,2-4,11-14,16,18H2,1H3;1H. The molecule has 1 aliphatic carbocycles.